The standard InChI is InChI=1S/C32H34N4O3/c1-19-15-20(2)30(21(3)16-19)36-26-10-8-7-9-25(26)29-31(34-22(4)35-32(29)36)33-14-13-24(37)17-23-11-12-27(38-5)28(18-23)39-6/h7-12,15-16,18H,13-14,17H2,1-6H3,(H,33,34,35). The second-order valence-corrected chi connectivity index (χ2v) is 10.00. The van der Waals surface area contributed by atoms with Gasteiger partial charge in [0, 0.05) is 24.8 Å². The van der Waals surface area contributed by atoms with E-state index in [0.717, 1.165) is 39.0 Å². The van der Waals surface area contributed by atoms with E-state index in [-0.39, 0.29) is 5.78 Å². The smallest absolute Gasteiger partial charge is 0.161 e. The van der Waals surface area contributed by atoms with Crippen molar-refractivity contribution in [3.05, 3.63) is 82.7 Å². The zero-order chi connectivity index (χ0) is 27.7. The van der Waals surface area contributed by atoms with Crippen LogP contribution < -0.4 is 14.8 Å². The Morgan fingerprint density at radius 2 is 1.62 bits per heavy atom. The molecule has 0 aliphatic rings. The van der Waals surface area contributed by atoms with Crippen molar-refractivity contribution < 1.29 is 14.3 Å². The molecule has 0 saturated heterocycles. The Kier molecular flexibility index (Phi) is 7.24. The number of nitrogens with one attached hydrogen (secondary N) is 1. The molecule has 0 amide bonds. The van der Waals surface area contributed by atoms with Gasteiger partial charge in [0.1, 0.15) is 17.4 Å². The average Bonchev–Trinajstić information content (AvgIpc) is 3.22. The molecule has 3 aromatic carbocycles. The van der Waals surface area contributed by atoms with E-state index in [2.05, 4.69) is 61.0 Å². The Morgan fingerprint density at radius 1 is 0.897 bits per heavy atom. The van der Waals surface area contributed by atoms with Crippen LogP contribution in [-0.4, -0.2) is 41.1 Å². The lowest BCUT2D eigenvalue weighted by molar-refractivity contribution is -0.118. The lowest BCUT2D eigenvalue weighted by Gasteiger charge is -2.15. The SMILES string of the molecule is COc1ccc(CC(=O)CCNc2nc(C)nc3c2c2ccccc2n3-c2c(C)cc(C)cc2C)cc1OC. The number of benzene rings is 3. The van der Waals surface area contributed by atoms with Crippen molar-refractivity contribution >= 4 is 33.5 Å². The van der Waals surface area contributed by atoms with Gasteiger partial charge in [-0.2, -0.15) is 0 Å². The van der Waals surface area contributed by atoms with E-state index in [9.17, 15) is 4.79 Å². The topological polar surface area (TPSA) is 78.3 Å². The quantitative estimate of drug-likeness (QED) is 0.240. The molecule has 0 saturated carbocycles. The summed E-state index contributed by atoms with van der Waals surface area (Å²) < 4.78 is 12.9. The minimum atomic E-state index is 0.130. The van der Waals surface area contributed by atoms with E-state index < -0.39 is 0 Å². The molecule has 0 atom stereocenters. The molecular weight excluding hydrogens is 488 g/mol. The summed E-state index contributed by atoms with van der Waals surface area (Å²) in [7, 11) is 3.19. The van der Waals surface area contributed by atoms with Gasteiger partial charge in [-0.05, 0) is 62.6 Å². The van der Waals surface area contributed by atoms with Crippen molar-refractivity contribution in [2.75, 3.05) is 26.1 Å². The highest BCUT2D eigenvalue weighted by Gasteiger charge is 2.20. The highest BCUT2D eigenvalue weighted by Crippen LogP contribution is 2.37. The minimum absolute atomic E-state index is 0.130. The largest absolute Gasteiger partial charge is 0.493 e. The Balaban J connectivity index is 1.46. The number of rotatable bonds is 9. The molecule has 2 heterocycles. The van der Waals surface area contributed by atoms with Gasteiger partial charge in [-0.15, -0.1) is 0 Å². The van der Waals surface area contributed by atoms with Gasteiger partial charge >= 0.3 is 0 Å². The van der Waals surface area contributed by atoms with Crippen molar-refractivity contribution in [1.29, 1.82) is 0 Å². The van der Waals surface area contributed by atoms with Crippen molar-refractivity contribution in [1.82, 2.24) is 14.5 Å². The Bertz CT molecular complexity index is 1680. The molecule has 39 heavy (non-hydrogen) atoms. The first-order valence-electron chi connectivity index (χ1n) is 13.1. The number of ether oxygens (including phenoxy) is 2. The number of anilines is 1. The predicted octanol–water partition coefficient (Wildman–Crippen LogP) is 6.44. The summed E-state index contributed by atoms with van der Waals surface area (Å²) in [6, 6.07) is 18.3. The van der Waals surface area contributed by atoms with Gasteiger partial charge in [-0.25, -0.2) is 9.97 Å². The third-order valence-corrected chi connectivity index (χ3v) is 7.03. The second kappa shape index (κ2) is 10.8. The summed E-state index contributed by atoms with van der Waals surface area (Å²) in [5.74, 6) is 2.82. The van der Waals surface area contributed by atoms with Crippen LogP contribution in [0.4, 0.5) is 5.82 Å². The first-order valence-corrected chi connectivity index (χ1v) is 13.1. The Labute approximate surface area is 228 Å². The number of para-hydroxylation sites is 1. The lowest BCUT2D eigenvalue weighted by Crippen LogP contribution is -2.12. The molecule has 5 rings (SSSR count). The zero-order valence-electron chi connectivity index (χ0n) is 23.4. The fourth-order valence-electron chi connectivity index (χ4n) is 5.47. The maximum atomic E-state index is 12.8. The summed E-state index contributed by atoms with van der Waals surface area (Å²) in [5.41, 5.74) is 7.60. The van der Waals surface area contributed by atoms with Crippen LogP contribution in [0.5, 0.6) is 11.5 Å². The molecule has 0 spiro atoms. The van der Waals surface area contributed by atoms with Crippen LogP contribution in [0, 0.1) is 27.7 Å². The van der Waals surface area contributed by atoms with Crippen LogP contribution in [0.1, 0.15) is 34.5 Å². The number of Topliss-reactive ketones (excluding diaryl/α,β-unsaturated/α-hetero) is 1. The minimum Gasteiger partial charge on any atom is -0.493 e. The van der Waals surface area contributed by atoms with Crippen LogP contribution in [-0.2, 0) is 11.2 Å². The molecule has 0 unspecified atom stereocenters. The van der Waals surface area contributed by atoms with Crippen molar-refractivity contribution in [2.24, 2.45) is 0 Å². The van der Waals surface area contributed by atoms with E-state index in [1.54, 1.807) is 14.2 Å². The number of aryl methyl sites for hydroxylation is 4. The maximum absolute atomic E-state index is 12.8. The predicted molar refractivity (Wildman–Crippen MR) is 157 cm³/mol. The number of methoxy groups -OCH3 is 2. The summed E-state index contributed by atoms with van der Waals surface area (Å²) in [6.45, 7) is 8.79. The van der Waals surface area contributed by atoms with Gasteiger partial charge in [-0.3, -0.25) is 9.36 Å². The lowest BCUT2D eigenvalue weighted by atomic mass is 10.0. The summed E-state index contributed by atoms with van der Waals surface area (Å²) in [5, 5.41) is 5.49. The van der Waals surface area contributed by atoms with E-state index in [1.165, 1.54) is 16.7 Å². The summed E-state index contributed by atoms with van der Waals surface area (Å²) in [4.78, 5) is 22.5. The van der Waals surface area contributed by atoms with Crippen LogP contribution >= 0.6 is 0 Å². The van der Waals surface area contributed by atoms with Crippen LogP contribution in [0.25, 0.3) is 27.6 Å². The fourth-order valence-corrected chi connectivity index (χ4v) is 5.47. The average molecular weight is 523 g/mol. The van der Waals surface area contributed by atoms with Crippen LogP contribution in [0.2, 0.25) is 0 Å². The first-order chi connectivity index (χ1) is 18.8. The summed E-state index contributed by atoms with van der Waals surface area (Å²) in [6.07, 6.45) is 0.694. The van der Waals surface area contributed by atoms with Gasteiger partial charge in [0.2, 0.25) is 0 Å². The molecule has 7 nitrogen and oxygen atoms in total. The maximum Gasteiger partial charge on any atom is 0.161 e. The number of hydrogen-bond donors (Lipinski definition) is 1. The van der Waals surface area contributed by atoms with Gasteiger partial charge in [0.05, 0.1) is 30.8 Å². The molecule has 1 N–H and O–H groups in total. The Hall–Kier alpha value is -4.39. The van der Waals surface area contributed by atoms with Gasteiger partial charge in [0.25, 0.3) is 0 Å². The number of carbonyl (C=O) groups excluding carboxylic acids is 1. The Morgan fingerprint density at radius 3 is 2.33 bits per heavy atom. The molecule has 5 aromatic rings. The third-order valence-electron chi connectivity index (χ3n) is 7.03. The van der Waals surface area contributed by atoms with E-state index in [4.69, 9.17) is 19.4 Å². The highest BCUT2D eigenvalue weighted by molar-refractivity contribution is 6.13. The number of fused-ring (bicyclic) bond motifs is 3. The molecule has 0 fully saturated rings. The molecular formula is C32H34N4O3. The van der Waals surface area contributed by atoms with Gasteiger partial charge in [0.15, 0.2) is 17.1 Å². The van der Waals surface area contributed by atoms with Crippen LogP contribution in [0.15, 0.2) is 54.6 Å². The first kappa shape index (κ1) is 26.2. The molecule has 200 valence electrons. The molecule has 2 aromatic heterocycles. The fraction of sp³-hybridized carbons (Fsp3) is 0.281. The number of carbonyl (C=O) groups is 1. The van der Waals surface area contributed by atoms with E-state index in [1.807, 2.05) is 31.2 Å². The molecule has 0 bridgehead atoms. The number of ketones is 1. The van der Waals surface area contributed by atoms with Crippen molar-refractivity contribution in [3.8, 4) is 17.2 Å². The highest BCUT2D eigenvalue weighted by atomic mass is 16.5. The third kappa shape index (κ3) is 5.04. The van der Waals surface area contributed by atoms with Crippen LogP contribution in [0.3, 0.4) is 0 Å². The van der Waals surface area contributed by atoms with Gasteiger partial charge in [-0.1, -0.05) is 42.0 Å². The number of aromatic nitrogens is 3. The van der Waals surface area contributed by atoms with Gasteiger partial charge < -0.3 is 14.8 Å². The molecule has 0 radical (unpaired) electrons. The number of hydrogen-bond acceptors (Lipinski definition) is 6. The monoisotopic (exact) mass is 522 g/mol. The van der Waals surface area contributed by atoms with E-state index >= 15 is 0 Å². The summed E-state index contributed by atoms with van der Waals surface area (Å²) >= 11 is 0. The second-order valence-electron chi connectivity index (χ2n) is 10.00. The molecule has 0 aliphatic carbocycles. The zero-order valence-corrected chi connectivity index (χ0v) is 23.4. The number of nitrogens with zero attached hydrogens (tertiary/aromatic N) is 3. The normalized spacial score (nSPS) is 11.2. The molecule has 0 aliphatic heterocycles. The van der Waals surface area contributed by atoms with E-state index in [0.29, 0.717) is 36.7 Å². The van der Waals surface area contributed by atoms with Crippen molar-refractivity contribution in [3.63, 3.8) is 0 Å². The van der Waals surface area contributed by atoms with Crippen molar-refractivity contribution in [2.45, 2.75) is 40.5 Å². The molecule has 7 heteroatoms.